The smallest absolute Gasteiger partial charge is 0.251 e. The first-order valence-corrected chi connectivity index (χ1v) is 12.9. The molecule has 2 amide bonds. The average molecular weight is 459 g/mol. The minimum atomic E-state index is -0.459. The Morgan fingerprint density at radius 2 is 1.70 bits per heavy atom. The molecule has 0 radical (unpaired) electrons. The van der Waals surface area contributed by atoms with Gasteiger partial charge in [0, 0.05) is 15.1 Å². The van der Waals surface area contributed by atoms with Gasteiger partial charge in [0.25, 0.3) is 5.91 Å². The number of hydrogen-bond acceptors (Lipinski definition) is 7. The molecule has 2 aliphatic carbocycles. The van der Waals surface area contributed by atoms with E-state index in [0.717, 1.165) is 59.3 Å². The molecule has 156 valence electrons. The zero-order valence-electron chi connectivity index (χ0n) is 16.5. The number of fused-ring (bicyclic) bond motifs is 4. The number of nitrogens with one attached hydrogen (secondary N) is 1. The SMILES string of the molecule is NC(=O)c1c(NC(=O)CSc2ncnc3sc4c(c23)CCCC4)sc2c1CCCC2. The highest BCUT2D eigenvalue weighted by Gasteiger charge is 2.25. The molecular formula is C21H22N4O2S3. The van der Waals surface area contributed by atoms with Crippen molar-refractivity contribution in [2.75, 3.05) is 11.1 Å². The number of primary amides is 1. The standard InChI is InChI=1S/C21H22N4O2S3/c22-18(27)16-11-5-1-3-7-13(11)30-21(16)25-15(26)9-28-19-17-12-6-2-4-8-14(12)29-20(17)24-10-23-19/h10H,1-9H2,(H2,22,27)(H,25,26). The van der Waals surface area contributed by atoms with Crippen molar-refractivity contribution in [2.24, 2.45) is 5.73 Å². The van der Waals surface area contributed by atoms with E-state index >= 15 is 0 Å². The summed E-state index contributed by atoms with van der Waals surface area (Å²) in [7, 11) is 0. The number of thiophene rings is 2. The number of carbonyl (C=O) groups excluding carboxylic acids is 2. The maximum absolute atomic E-state index is 12.7. The van der Waals surface area contributed by atoms with E-state index < -0.39 is 5.91 Å². The Bertz CT molecular complexity index is 1150. The molecule has 0 unspecified atom stereocenters. The van der Waals surface area contributed by atoms with Crippen LogP contribution in [0.5, 0.6) is 0 Å². The second-order valence-corrected chi connectivity index (χ2v) is 10.8. The molecule has 0 saturated carbocycles. The number of aryl methyl sites for hydroxylation is 3. The van der Waals surface area contributed by atoms with Crippen molar-refractivity contribution in [1.29, 1.82) is 0 Å². The Morgan fingerprint density at radius 3 is 2.47 bits per heavy atom. The summed E-state index contributed by atoms with van der Waals surface area (Å²) in [5.41, 5.74) is 8.54. The molecule has 0 bridgehead atoms. The van der Waals surface area contributed by atoms with Gasteiger partial charge in [-0.25, -0.2) is 9.97 Å². The highest BCUT2D eigenvalue weighted by molar-refractivity contribution is 8.00. The third kappa shape index (κ3) is 3.63. The highest BCUT2D eigenvalue weighted by atomic mass is 32.2. The van der Waals surface area contributed by atoms with Gasteiger partial charge in [0.05, 0.1) is 11.3 Å². The zero-order chi connectivity index (χ0) is 20.7. The Hall–Kier alpha value is -1.97. The fraction of sp³-hybridized carbons (Fsp3) is 0.429. The van der Waals surface area contributed by atoms with Gasteiger partial charge in [0.15, 0.2) is 0 Å². The molecule has 0 atom stereocenters. The summed E-state index contributed by atoms with van der Waals surface area (Å²) in [6.07, 6.45) is 10.2. The van der Waals surface area contributed by atoms with Gasteiger partial charge >= 0.3 is 0 Å². The van der Waals surface area contributed by atoms with Crippen LogP contribution in [0.15, 0.2) is 11.4 Å². The Balaban J connectivity index is 1.35. The predicted molar refractivity (Wildman–Crippen MR) is 123 cm³/mol. The lowest BCUT2D eigenvalue weighted by Crippen LogP contribution is -2.19. The topological polar surface area (TPSA) is 98.0 Å². The van der Waals surface area contributed by atoms with Gasteiger partial charge in [0.1, 0.15) is 21.2 Å². The summed E-state index contributed by atoms with van der Waals surface area (Å²) < 4.78 is 0. The van der Waals surface area contributed by atoms with E-state index in [9.17, 15) is 9.59 Å². The van der Waals surface area contributed by atoms with E-state index in [-0.39, 0.29) is 11.7 Å². The van der Waals surface area contributed by atoms with E-state index in [4.69, 9.17) is 5.73 Å². The van der Waals surface area contributed by atoms with E-state index in [2.05, 4.69) is 15.3 Å². The summed E-state index contributed by atoms with van der Waals surface area (Å²) in [4.78, 5) is 37.3. The van der Waals surface area contributed by atoms with Gasteiger partial charge in [0.2, 0.25) is 5.91 Å². The van der Waals surface area contributed by atoms with Crippen molar-refractivity contribution in [3.05, 3.63) is 32.8 Å². The van der Waals surface area contributed by atoms with Crippen molar-refractivity contribution in [3.8, 4) is 0 Å². The van der Waals surface area contributed by atoms with Gasteiger partial charge in [-0.1, -0.05) is 11.8 Å². The number of aromatic nitrogens is 2. The first kappa shape index (κ1) is 20.0. The number of nitrogens with two attached hydrogens (primary N) is 1. The third-order valence-corrected chi connectivity index (χ3v) is 9.12. The summed E-state index contributed by atoms with van der Waals surface area (Å²) in [6, 6.07) is 0. The molecule has 30 heavy (non-hydrogen) atoms. The molecule has 2 aliphatic rings. The summed E-state index contributed by atoms with van der Waals surface area (Å²) in [6.45, 7) is 0. The Kier molecular flexibility index (Phi) is 5.51. The third-order valence-electron chi connectivity index (χ3n) is 5.73. The number of carbonyl (C=O) groups is 2. The monoisotopic (exact) mass is 458 g/mol. The van der Waals surface area contributed by atoms with Crippen LogP contribution in [0.4, 0.5) is 5.00 Å². The molecule has 0 saturated heterocycles. The molecule has 3 heterocycles. The number of hydrogen-bond donors (Lipinski definition) is 2. The second kappa shape index (κ2) is 8.28. The predicted octanol–water partition coefficient (Wildman–Crippen LogP) is 4.34. The quantitative estimate of drug-likeness (QED) is 0.438. The van der Waals surface area contributed by atoms with Crippen LogP contribution in [0.1, 0.15) is 56.9 Å². The van der Waals surface area contributed by atoms with E-state index in [0.29, 0.717) is 10.6 Å². The molecule has 5 rings (SSSR count). The fourth-order valence-corrected chi connectivity index (χ4v) is 7.81. The molecule has 0 fully saturated rings. The van der Waals surface area contributed by atoms with Gasteiger partial charge in [-0.15, -0.1) is 22.7 Å². The second-order valence-electron chi connectivity index (χ2n) is 7.69. The number of nitrogens with zero attached hydrogens (tertiary/aromatic N) is 2. The van der Waals surface area contributed by atoms with Crippen LogP contribution in [0.25, 0.3) is 10.2 Å². The van der Waals surface area contributed by atoms with Crippen LogP contribution in [0.3, 0.4) is 0 Å². The van der Waals surface area contributed by atoms with Crippen LogP contribution >= 0.6 is 34.4 Å². The molecule has 6 nitrogen and oxygen atoms in total. The number of amides is 2. The van der Waals surface area contributed by atoms with Gasteiger partial charge in [-0.2, -0.15) is 0 Å². The van der Waals surface area contributed by atoms with Crippen LogP contribution in [-0.2, 0) is 30.5 Å². The lowest BCUT2D eigenvalue weighted by Gasteiger charge is -2.11. The minimum Gasteiger partial charge on any atom is -0.365 e. The van der Waals surface area contributed by atoms with E-state index in [1.807, 2.05) is 0 Å². The minimum absolute atomic E-state index is 0.142. The molecule has 0 aliphatic heterocycles. The maximum atomic E-state index is 12.7. The van der Waals surface area contributed by atoms with Crippen LogP contribution in [0, 0.1) is 0 Å². The lowest BCUT2D eigenvalue weighted by atomic mass is 9.95. The van der Waals surface area contributed by atoms with Crippen LogP contribution in [-0.4, -0.2) is 27.5 Å². The van der Waals surface area contributed by atoms with Crippen molar-refractivity contribution >= 4 is 61.5 Å². The van der Waals surface area contributed by atoms with E-state index in [1.165, 1.54) is 51.3 Å². The maximum Gasteiger partial charge on any atom is 0.251 e. The summed E-state index contributed by atoms with van der Waals surface area (Å²) in [5.74, 6) is -0.367. The van der Waals surface area contributed by atoms with Crippen molar-refractivity contribution < 1.29 is 9.59 Å². The summed E-state index contributed by atoms with van der Waals surface area (Å²) >= 11 is 4.69. The molecule has 9 heteroatoms. The normalized spacial score (nSPS) is 15.6. The number of anilines is 1. The molecule has 0 spiro atoms. The van der Waals surface area contributed by atoms with E-state index in [1.54, 1.807) is 17.7 Å². The molecule has 0 aromatic carbocycles. The van der Waals surface area contributed by atoms with Crippen molar-refractivity contribution in [2.45, 2.75) is 56.4 Å². The van der Waals surface area contributed by atoms with Gasteiger partial charge in [-0.3, -0.25) is 9.59 Å². The molecule has 3 aromatic rings. The largest absolute Gasteiger partial charge is 0.365 e. The fourth-order valence-electron chi connectivity index (χ4n) is 4.38. The van der Waals surface area contributed by atoms with Gasteiger partial charge in [-0.05, 0) is 62.5 Å². The zero-order valence-corrected chi connectivity index (χ0v) is 18.9. The van der Waals surface area contributed by atoms with Crippen LogP contribution < -0.4 is 11.1 Å². The van der Waals surface area contributed by atoms with Crippen molar-refractivity contribution in [3.63, 3.8) is 0 Å². The average Bonchev–Trinajstić information content (AvgIpc) is 3.30. The van der Waals surface area contributed by atoms with Gasteiger partial charge < -0.3 is 11.1 Å². The summed E-state index contributed by atoms with van der Waals surface area (Å²) in [5, 5.41) is 5.53. The first-order valence-electron chi connectivity index (χ1n) is 10.2. The lowest BCUT2D eigenvalue weighted by molar-refractivity contribution is -0.113. The number of thioether (sulfide) groups is 1. The highest BCUT2D eigenvalue weighted by Crippen LogP contribution is 2.40. The van der Waals surface area contributed by atoms with Crippen molar-refractivity contribution in [1.82, 2.24) is 9.97 Å². The molecule has 3 N–H and O–H groups in total. The Labute approximate surface area is 186 Å². The molecular weight excluding hydrogens is 436 g/mol. The Morgan fingerprint density at radius 1 is 1.00 bits per heavy atom. The molecule has 3 aromatic heterocycles. The van der Waals surface area contributed by atoms with Crippen LogP contribution in [0.2, 0.25) is 0 Å². The first-order chi connectivity index (χ1) is 14.6. The number of rotatable bonds is 5.